The topological polar surface area (TPSA) is 99.8 Å². The number of carbonyl (C=O) groups is 3. The molecule has 8 nitrogen and oxygen atoms in total. The Morgan fingerprint density at radius 2 is 1.69 bits per heavy atom. The van der Waals surface area contributed by atoms with E-state index in [-0.39, 0.29) is 29.1 Å². The molecule has 0 aromatic heterocycles. The van der Waals surface area contributed by atoms with Crippen LogP contribution in [0.5, 0.6) is 0 Å². The van der Waals surface area contributed by atoms with Crippen LogP contribution in [0, 0.1) is 11.3 Å². The number of carbonyl (C=O) groups excluding carboxylic acids is 3. The van der Waals surface area contributed by atoms with Gasteiger partial charge in [0.05, 0.1) is 25.0 Å². The summed E-state index contributed by atoms with van der Waals surface area (Å²) in [6.07, 6.45) is -0.161. The van der Waals surface area contributed by atoms with Gasteiger partial charge in [-0.2, -0.15) is 0 Å². The molecular formula is C27H34N4O4. The summed E-state index contributed by atoms with van der Waals surface area (Å²) in [6, 6.07) is 18.6. The zero-order valence-corrected chi connectivity index (χ0v) is 20.3. The smallest absolute Gasteiger partial charge is 0.245 e. The third-order valence-corrected chi connectivity index (χ3v) is 7.10. The van der Waals surface area contributed by atoms with Crippen LogP contribution in [-0.4, -0.2) is 68.0 Å². The second-order valence-corrected chi connectivity index (χ2v) is 9.56. The molecule has 2 aliphatic rings. The minimum absolute atomic E-state index is 0.0686. The standard InChI is InChI=1S/C27H34N4O4/c1-19(35-15-21-11-7-4-8-12-21)24(26(34)28-2)30-25(33)22-14-29-16-27(22)17-31(18-27)23(32)13-20-9-5-3-6-10-20/h3-12,19,22,24,29H,13-18H2,1-2H3,(H,28,34)(H,30,33)/t19-,22+,24+/m1/s1. The summed E-state index contributed by atoms with van der Waals surface area (Å²) in [7, 11) is 1.55. The maximum absolute atomic E-state index is 13.3. The molecule has 2 aromatic rings. The van der Waals surface area contributed by atoms with E-state index >= 15 is 0 Å². The van der Waals surface area contributed by atoms with Gasteiger partial charge in [0.15, 0.2) is 0 Å². The first-order chi connectivity index (χ1) is 16.9. The predicted octanol–water partition coefficient (Wildman–Crippen LogP) is 1.11. The van der Waals surface area contributed by atoms with E-state index in [0.717, 1.165) is 11.1 Å². The van der Waals surface area contributed by atoms with Crippen LogP contribution in [0.2, 0.25) is 0 Å². The summed E-state index contributed by atoms with van der Waals surface area (Å²) in [6.45, 7) is 4.40. The lowest BCUT2D eigenvalue weighted by Gasteiger charge is -2.50. The molecule has 4 rings (SSSR count). The van der Waals surface area contributed by atoms with Crippen molar-refractivity contribution in [3.8, 4) is 0 Å². The summed E-state index contributed by atoms with van der Waals surface area (Å²) in [4.78, 5) is 40.5. The fourth-order valence-corrected chi connectivity index (χ4v) is 4.98. The van der Waals surface area contributed by atoms with Gasteiger partial charge in [0, 0.05) is 38.6 Å². The molecule has 1 spiro atoms. The summed E-state index contributed by atoms with van der Waals surface area (Å²) < 4.78 is 5.93. The number of hydrogen-bond donors (Lipinski definition) is 3. The number of ether oxygens (including phenoxy) is 1. The Labute approximate surface area is 206 Å². The Balaban J connectivity index is 1.35. The largest absolute Gasteiger partial charge is 0.371 e. The van der Waals surface area contributed by atoms with Crippen molar-refractivity contribution in [3.05, 3.63) is 71.8 Å². The molecule has 3 atom stereocenters. The first kappa shape index (κ1) is 24.9. The van der Waals surface area contributed by atoms with Crippen LogP contribution in [0.3, 0.4) is 0 Å². The van der Waals surface area contributed by atoms with E-state index in [0.29, 0.717) is 39.2 Å². The molecule has 3 amide bonds. The van der Waals surface area contributed by atoms with Gasteiger partial charge in [-0.25, -0.2) is 0 Å². The highest BCUT2D eigenvalue weighted by Crippen LogP contribution is 2.41. The molecule has 0 aliphatic carbocycles. The van der Waals surface area contributed by atoms with E-state index < -0.39 is 12.1 Å². The summed E-state index contributed by atoms with van der Waals surface area (Å²) in [5.74, 6) is -0.739. The number of nitrogens with one attached hydrogen (secondary N) is 3. The fourth-order valence-electron chi connectivity index (χ4n) is 4.98. The SMILES string of the molecule is CNC(=O)[C@@H](NC(=O)[C@@H]1CNCC12CN(C(=O)Cc1ccccc1)C2)[C@@H](C)OCc1ccccc1. The highest BCUT2D eigenvalue weighted by molar-refractivity contribution is 5.90. The number of rotatable bonds is 9. The zero-order valence-electron chi connectivity index (χ0n) is 20.3. The fraction of sp³-hybridized carbons (Fsp3) is 0.444. The maximum atomic E-state index is 13.3. The zero-order chi connectivity index (χ0) is 24.8. The van der Waals surface area contributed by atoms with Crippen molar-refractivity contribution >= 4 is 17.7 Å². The molecule has 186 valence electrons. The van der Waals surface area contributed by atoms with Gasteiger partial charge in [-0.15, -0.1) is 0 Å². The van der Waals surface area contributed by atoms with E-state index in [1.165, 1.54) is 0 Å². The summed E-state index contributed by atoms with van der Waals surface area (Å²) in [5.41, 5.74) is 1.67. The van der Waals surface area contributed by atoms with E-state index in [1.54, 1.807) is 14.0 Å². The van der Waals surface area contributed by atoms with Crippen molar-refractivity contribution in [1.29, 1.82) is 0 Å². The first-order valence-electron chi connectivity index (χ1n) is 12.1. The van der Waals surface area contributed by atoms with E-state index in [4.69, 9.17) is 4.74 Å². The van der Waals surface area contributed by atoms with Crippen LogP contribution >= 0.6 is 0 Å². The molecule has 2 aromatic carbocycles. The van der Waals surface area contributed by atoms with Crippen molar-refractivity contribution in [1.82, 2.24) is 20.9 Å². The maximum Gasteiger partial charge on any atom is 0.245 e. The molecule has 8 heteroatoms. The Hall–Kier alpha value is -3.23. The van der Waals surface area contributed by atoms with Crippen LogP contribution in [0.15, 0.2) is 60.7 Å². The van der Waals surface area contributed by atoms with Gasteiger partial charge in [-0.05, 0) is 18.1 Å². The Bertz CT molecular complexity index is 1020. The predicted molar refractivity (Wildman–Crippen MR) is 132 cm³/mol. The second kappa shape index (κ2) is 11.0. The molecule has 0 radical (unpaired) electrons. The van der Waals surface area contributed by atoms with E-state index in [2.05, 4.69) is 16.0 Å². The van der Waals surface area contributed by atoms with Crippen LogP contribution in [-0.2, 0) is 32.1 Å². The first-order valence-corrected chi connectivity index (χ1v) is 12.1. The third-order valence-electron chi connectivity index (χ3n) is 7.10. The van der Waals surface area contributed by atoms with Crippen LogP contribution in [0.25, 0.3) is 0 Å². The average Bonchev–Trinajstić information content (AvgIpc) is 3.31. The van der Waals surface area contributed by atoms with Crippen molar-refractivity contribution in [3.63, 3.8) is 0 Å². The molecule has 0 unspecified atom stereocenters. The van der Waals surface area contributed by atoms with Crippen molar-refractivity contribution in [2.24, 2.45) is 11.3 Å². The lowest BCUT2D eigenvalue weighted by Crippen LogP contribution is -2.65. The molecule has 0 saturated carbocycles. The highest BCUT2D eigenvalue weighted by atomic mass is 16.5. The van der Waals surface area contributed by atoms with Gasteiger partial charge in [-0.1, -0.05) is 60.7 Å². The number of likely N-dealkylation sites (tertiary alicyclic amines) is 1. The molecule has 0 bridgehead atoms. The van der Waals surface area contributed by atoms with Gasteiger partial charge >= 0.3 is 0 Å². The molecule has 3 N–H and O–H groups in total. The Kier molecular flexibility index (Phi) is 7.83. The summed E-state index contributed by atoms with van der Waals surface area (Å²) >= 11 is 0. The van der Waals surface area contributed by atoms with Crippen molar-refractivity contribution < 1.29 is 19.1 Å². The number of hydrogen-bond acceptors (Lipinski definition) is 5. The molecular weight excluding hydrogens is 444 g/mol. The van der Waals surface area contributed by atoms with Crippen molar-refractivity contribution in [2.75, 3.05) is 33.2 Å². The van der Waals surface area contributed by atoms with Gasteiger partial charge in [0.2, 0.25) is 17.7 Å². The second-order valence-electron chi connectivity index (χ2n) is 9.56. The van der Waals surface area contributed by atoms with Crippen molar-refractivity contribution in [2.45, 2.75) is 32.1 Å². The number of nitrogens with zero attached hydrogens (tertiary/aromatic N) is 1. The number of benzene rings is 2. The molecule has 2 heterocycles. The van der Waals surface area contributed by atoms with Gasteiger partial charge < -0.3 is 25.6 Å². The monoisotopic (exact) mass is 478 g/mol. The minimum atomic E-state index is -0.815. The Morgan fingerprint density at radius 1 is 1.06 bits per heavy atom. The average molecular weight is 479 g/mol. The lowest BCUT2D eigenvalue weighted by atomic mass is 9.71. The van der Waals surface area contributed by atoms with E-state index in [1.807, 2.05) is 65.6 Å². The lowest BCUT2D eigenvalue weighted by molar-refractivity contribution is -0.150. The third kappa shape index (κ3) is 5.71. The molecule has 2 fully saturated rings. The molecule has 2 aliphatic heterocycles. The quantitative estimate of drug-likeness (QED) is 0.502. The van der Waals surface area contributed by atoms with Gasteiger partial charge in [-0.3, -0.25) is 14.4 Å². The van der Waals surface area contributed by atoms with Gasteiger partial charge in [0.1, 0.15) is 6.04 Å². The molecule has 35 heavy (non-hydrogen) atoms. The van der Waals surface area contributed by atoms with Gasteiger partial charge in [0.25, 0.3) is 0 Å². The molecule has 2 saturated heterocycles. The number of likely N-dealkylation sites (N-methyl/N-ethyl adjacent to an activating group) is 1. The normalized spacial score (nSPS) is 20.1. The van der Waals surface area contributed by atoms with E-state index in [9.17, 15) is 14.4 Å². The van der Waals surface area contributed by atoms with Crippen LogP contribution < -0.4 is 16.0 Å². The van der Waals surface area contributed by atoms with Crippen LogP contribution in [0.4, 0.5) is 0 Å². The van der Waals surface area contributed by atoms with Crippen LogP contribution in [0.1, 0.15) is 18.1 Å². The minimum Gasteiger partial charge on any atom is -0.371 e. The highest BCUT2D eigenvalue weighted by Gasteiger charge is 2.55. The number of amides is 3. The summed E-state index contributed by atoms with van der Waals surface area (Å²) in [5, 5.41) is 8.88. The Morgan fingerprint density at radius 3 is 2.31 bits per heavy atom.